The Morgan fingerprint density at radius 1 is 1.14 bits per heavy atom. The molecule has 0 aromatic carbocycles. The standard InChI is InChI=1S/C20H22F6N8O3/c1-10(30-14-5-29-31-17(36)16(14)20(24,25)26)9-37-32-15(35)8-34-12-2-13(34)7-33(6-12)18-27-3-11(4-28-18)19(21,22)23/h3-5,10,12-13H,2,6-9H2,1H3,(H,32,35)(H2,30,31,36). The van der Waals surface area contributed by atoms with Gasteiger partial charge in [-0.2, -0.15) is 31.4 Å². The first-order valence-electron chi connectivity index (χ1n) is 11.0. The van der Waals surface area contributed by atoms with Gasteiger partial charge in [0.2, 0.25) is 5.95 Å². The van der Waals surface area contributed by atoms with Crippen LogP contribution in [0.3, 0.4) is 0 Å². The van der Waals surface area contributed by atoms with Crippen molar-refractivity contribution in [2.24, 2.45) is 0 Å². The van der Waals surface area contributed by atoms with Crippen LogP contribution in [-0.4, -0.2) is 75.3 Å². The van der Waals surface area contributed by atoms with Crippen LogP contribution in [0.25, 0.3) is 0 Å². The summed E-state index contributed by atoms with van der Waals surface area (Å²) in [5.74, 6) is -0.296. The second kappa shape index (κ2) is 10.1. The van der Waals surface area contributed by atoms with Gasteiger partial charge in [-0.05, 0) is 13.3 Å². The summed E-state index contributed by atoms with van der Waals surface area (Å²) in [4.78, 5) is 40.2. The second-order valence-electron chi connectivity index (χ2n) is 8.76. The molecule has 3 fully saturated rings. The molecule has 3 unspecified atom stereocenters. The molecule has 37 heavy (non-hydrogen) atoms. The molecule has 0 saturated carbocycles. The monoisotopic (exact) mass is 536 g/mol. The Bertz CT molecular complexity index is 1160. The number of halogens is 6. The maximum absolute atomic E-state index is 13.1. The third kappa shape index (κ3) is 6.10. The van der Waals surface area contributed by atoms with Gasteiger partial charge in [-0.15, -0.1) is 0 Å². The predicted octanol–water partition coefficient (Wildman–Crippen LogP) is 1.41. The molecule has 0 spiro atoms. The van der Waals surface area contributed by atoms with Crippen molar-refractivity contribution in [2.45, 2.75) is 43.8 Å². The van der Waals surface area contributed by atoms with Crippen LogP contribution in [0.5, 0.6) is 0 Å². The van der Waals surface area contributed by atoms with Gasteiger partial charge in [0.25, 0.3) is 11.5 Å². The topological polar surface area (TPSA) is 128 Å². The highest BCUT2D eigenvalue weighted by Gasteiger charge is 2.46. The molecule has 2 aromatic rings. The van der Waals surface area contributed by atoms with E-state index in [1.807, 2.05) is 4.90 Å². The van der Waals surface area contributed by atoms with Crippen molar-refractivity contribution < 1.29 is 36.0 Å². The van der Waals surface area contributed by atoms with E-state index in [0.717, 1.165) is 25.0 Å². The first-order chi connectivity index (χ1) is 17.3. The summed E-state index contributed by atoms with van der Waals surface area (Å²) < 4.78 is 77.5. The fraction of sp³-hybridized carbons (Fsp3) is 0.550. The van der Waals surface area contributed by atoms with Crippen molar-refractivity contribution in [1.82, 2.24) is 30.5 Å². The summed E-state index contributed by atoms with van der Waals surface area (Å²) in [6, 6.07) is -0.772. The average Bonchev–Trinajstić information content (AvgIpc) is 2.81. The number of rotatable bonds is 8. The molecule has 0 radical (unpaired) electrons. The van der Waals surface area contributed by atoms with Crippen LogP contribution < -0.4 is 21.3 Å². The number of alkyl halides is 6. The lowest BCUT2D eigenvalue weighted by Gasteiger charge is -2.56. The number of amides is 1. The first-order valence-corrected chi connectivity index (χ1v) is 11.0. The highest BCUT2D eigenvalue weighted by molar-refractivity contribution is 5.77. The Kier molecular flexibility index (Phi) is 7.27. The van der Waals surface area contributed by atoms with Gasteiger partial charge < -0.3 is 10.2 Å². The van der Waals surface area contributed by atoms with Crippen molar-refractivity contribution in [1.29, 1.82) is 0 Å². The fourth-order valence-electron chi connectivity index (χ4n) is 4.28. The van der Waals surface area contributed by atoms with Crippen LogP contribution in [0.4, 0.5) is 38.0 Å². The average molecular weight is 536 g/mol. The van der Waals surface area contributed by atoms with Gasteiger partial charge in [0.05, 0.1) is 30.6 Å². The van der Waals surface area contributed by atoms with E-state index in [-0.39, 0.29) is 31.2 Å². The van der Waals surface area contributed by atoms with Crippen molar-refractivity contribution in [3.8, 4) is 0 Å². The molecule has 3 aliphatic rings. The molecule has 3 N–H and O–H groups in total. The zero-order valence-corrected chi connectivity index (χ0v) is 19.2. The van der Waals surface area contributed by atoms with Gasteiger partial charge in [-0.3, -0.25) is 19.3 Å². The molecule has 1 amide bonds. The highest BCUT2D eigenvalue weighted by Crippen LogP contribution is 2.34. The normalized spacial score (nSPS) is 20.8. The van der Waals surface area contributed by atoms with E-state index in [1.54, 1.807) is 10.00 Å². The molecule has 3 atom stereocenters. The number of hydrogen-bond donors (Lipinski definition) is 3. The molecular formula is C20H22F6N8O3. The number of carbonyl (C=O) groups is 1. The summed E-state index contributed by atoms with van der Waals surface area (Å²) in [6.07, 6.45) is -6.31. The number of hydroxylamine groups is 1. The van der Waals surface area contributed by atoms with Gasteiger partial charge >= 0.3 is 12.4 Å². The van der Waals surface area contributed by atoms with Crippen LogP contribution >= 0.6 is 0 Å². The van der Waals surface area contributed by atoms with E-state index < -0.39 is 46.7 Å². The minimum atomic E-state index is -4.89. The number of nitrogens with one attached hydrogen (secondary N) is 3. The molecule has 5 heterocycles. The smallest absolute Gasteiger partial charge is 0.378 e. The Morgan fingerprint density at radius 2 is 1.78 bits per heavy atom. The number of aromatic amines is 1. The molecule has 0 aliphatic carbocycles. The summed E-state index contributed by atoms with van der Waals surface area (Å²) in [7, 11) is 0. The minimum absolute atomic E-state index is 0.00491. The third-order valence-electron chi connectivity index (χ3n) is 5.98. The van der Waals surface area contributed by atoms with E-state index >= 15 is 0 Å². The van der Waals surface area contributed by atoms with Crippen LogP contribution in [0.2, 0.25) is 0 Å². The molecule has 2 bridgehead atoms. The summed E-state index contributed by atoms with van der Waals surface area (Å²) in [5.41, 5.74) is -2.02. The lowest BCUT2D eigenvalue weighted by atomic mass is 9.87. The molecule has 11 nitrogen and oxygen atoms in total. The van der Waals surface area contributed by atoms with Gasteiger partial charge in [-0.25, -0.2) is 20.5 Å². The molecular weight excluding hydrogens is 514 g/mol. The molecule has 202 valence electrons. The number of anilines is 2. The van der Waals surface area contributed by atoms with Crippen LogP contribution in [0.1, 0.15) is 24.5 Å². The molecule has 3 saturated heterocycles. The Hall–Kier alpha value is -3.47. The number of hydrogen-bond acceptors (Lipinski definition) is 9. The zero-order valence-electron chi connectivity index (χ0n) is 19.2. The predicted molar refractivity (Wildman–Crippen MR) is 115 cm³/mol. The number of piperidine rings is 1. The Labute approximate surface area is 205 Å². The molecule has 3 aliphatic heterocycles. The van der Waals surface area contributed by atoms with Gasteiger partial charge in [0.1, 0.15) is 5.56 Å². The van der Waals surface area contributed by atoms with Gasteiger partial charge in [0.15, 0.2) is 0 Å². The number of nitrogens with zero attached hydrogens (tertiary/aromatic N) is 5. The molecule has 2 aromatic heterocycles. The zero-order chi connectivity index (χ0) is 27.0. The van der Waals surface area contributed by atoms with Crippen LogP contribution in [0.15, 0.2) is 23.4 Å². The third-order valence-corrected chi connectivity index (χ3v) is 5.98. The molecule has 17 heteroatoms. The van der Waals surface area contributed by atoms with E-state index in [1.165, 1.54) is 6.92 Å². The number of fused-ring (bicyclic) bond motifs is 2. The van der Waals surface area contributed by atoms with E-state index in [4.69, 9.17) is 4.84 Å². The van der Waals surface area contributed by atoms with Crippen molar-refractivity contribution in [3.05, 3.63) is 40.1 Å². The minimum Gasteiger partial charge on any atom is -0.378 e. The number of carbonyl (C=O) groups excluding carboxylic acids is 1. The van der Waals surface area contributed by atoms with E-state index in [0.29, 0.717) is 13.1 Å². The largest absolute Gasteiger partial charge is 0.423 e. The first kappa shape index (κ1) is 26.6. The number of aromatic nitrogens is 4. The number of H-pyrrole nitrogens is 1. The second-order valence-corrected chi connectivity index (χ2v) is 8.76. The van der Waals surface area contributed by atoms with E-state index in [2.05, 4.69) is 25.9 Å². The Morgan fingerprint density at radius 3 is 2.38 bits per heavy atom. The summed E-state index contributed by atoms with van der Waals surface area (Å²) in [5, 5.41) is 7.59. The van der Waals surface area contributed by atoms with Gasteiger partial charge in [-0.1, -0.05) is 0 Å². The summed E-state index contributed by atoms with van der Waals surface area (Å²) in [6.45, 7) is 2.15. The van der Waals surface area contributed by atoms with Crippen molar-refractivity contribution in [3.63, 3.8) is 0 Å². The maximum Gasteiger partial charge on any atom is 0.423 e. The highest BCUT2D eigenvalue weighted by atomic mass is 19.4. The lowest BCUT2D eigenvalue weighted by Crippen LogP contribution is -2.70. The fourth-order valence-corrected chi connectivity index (χ4v) is 4.28. The maximum atomic E-state index is 13.1. The van der Waals surface area contributed by atoms with E-state index in [9.17, 15) is 35.9 Å². The van der Waals surface area contributed by atoms with Crippen molar-refractivity contribution >= 4 is 17.5 Å². The Balaban J connectivity index is 1.22. The SMILES string of the molecule is CC(CONC(=O)CN1C2CC1CN(c1ncc(C(F)(F)F)cn1)C2)Nc1cn[nH]c(=O)c1C(F)(F)F. The molecule has 5 rings (SSSR count). The van der Waals surface area contributed by atoms with Crippen LogP contribution in [0, 0.1) is 0 Å². The quantitative estimate of drug-likeness (QED) is 0.339. The van der Waals surface area contributed by atoms with Crippen LogP contribution in [-0.2, 0) is 22.0 Å². The van der Waals surface area contributed by atoms with Gasteiger partial charge in [0, 0.05) is 43.6 Å². The number of piperazine rings is 1. The van der Waals surface area contributed by atoms with Crippen molar-refractivity contribution in [2.75, 3.05) is 36.5 Å². The lowest BCUT2D eigenvalue weighted by molar-refractivity contribution is -0.139. The summed E-state index contributed by atoms with van der Waals surface area (Å²) >= 11 is 0.